The number of amides is 2. The molecule has 0 bridgehead atoms. The van der Waals surface area contributed by atoms with Crippen LogP contribution in [0.1, 0.15) is 38.0 Å². The number of carbonyl (C=O) groups excluding carboxylic acids is 2. The van der Waals surface area contributed by atoms with Gasteiger partial charge in [-0.1, -0.05) is 30.3 Å². The molecule has 2 aromatic rings. The number of hydrogen-bond acceptors (Lipinski definition) is 5. The molecular formula is C24H32N2O5. The Bertz CT molecular complexity index is 801. The van der Waals surface area contributed by atoms with E-state index >= 15 is 0 Å². The third-order valence-corrected chi connectivity index (χ3v) is 5.31. The van der Waals surface area contributed by atoms with Crippen molar-refractivity contribution in [1.29, 1.82) is 0 Å². The van der Waals surface area contributed by atoms with Crippen LogP contribution in [0.4, 0.5) is 0 Å². The van der Waals surface area contributed by atoms with E-state index in [1.165, 1.54) is 0 Å². The number of furan rings is 1. The number of ether oxygens (including phenoxy) is 2. The lowest BCUT2D eigenvalue weighted by molar-refractivity contribution is -0.146. The fourth-order valence-corrected chi connectivity index (χ4v) is 3.60. The lowest BCUT2D eigenvalue weighted by atomic mass is 10.2. The average molecular weight is 429 g/mol. The zero-order valence-electron chi connectivity index (χ0n) is 18.4. The molecule has 1 aliphatic rings. The summed E-state index contributed by atoms with van der Waals surface area (Å²) in [5.41, 5.74) is 1.00. The van der Waals surface area contributed by atoms with Gasteiger partial charge in [0.25, 0.3) is 0 Å². The first kappa shape index (κ1) is 23.0. The maximum absolute atomic E-state index is 13.2. The summed E-state index contributed by atoms with van der Waals surface area (Å²) in [7, 11) is 0. The predicted octanol–water partition coefficient (Wildman–Crippen LogP) is 3.24. The van der Waals surface area contributed by atoms with Crippen molar-refractivity contribution >= 4 is 11.8 Å². The molecule has 1 aromatic heterocycles. The minimum atomic E-state index is -0.200. The molecule has 1 saturated heterocycles. The molecule has 0 N–H and O–H groups in total. The monoisotopic (exact) mass is 428 g/mol. The van der Waals surface area contributed by atoms with E-state index in [2.05, 4.69) is 0 Å². The Kier molecular flexibility index (Phi) is 8.67. The van der Waals surface area contributed by atoms with Gasteiger partial charge in [-0.15, -0.1) is 0 Å². The van der Waals surface area contributed by atoms with E-state index in [0.717, 1.165) is 25.0 Å². The van der Waals surface area contributed by atoms with Crippen LogP contribution in [0.3, 0.4) is 0 Å². The van der Waals surface area contributed by atoms with Crippen LogP contribution < -0.4 is 0 Å². The van der Waals surface area contributed by atoms with Gasteiger partial charge in [-0.2, -0.15) is 0 Å². The molecule has 0 unspecified atom stereocenters. The summed E-state index contributed by atoms with van der Waals surface area (Å²) in [6.45, 7) is 5.67. The van der Waals surface area contributed by atoms with E-state index in [-0.39, 0.29) is 37.1 Å². The van der Waals surface area contributed by atoms with Crippen LogP contribution in [0.5, 0.6) is 0 Å². The van der Waals surface area contributed by atoms with E-state index in [9.17, 15) is 9.59 Å². The number of carbonyl (C=O) groups is 2. The highest BCUT2D eigenvalue weighted by molar-refractivity contribution is 5.85. The first-order valence-corrected chi connectivity index (χ1v) is 10.9. The summed E-state index contributed by atoms with van der Waals surface area (Å²) in [4.78, 5) is 29.2. The van der Waals surface area contributed by atoms with Crippen molar-refractivity contribution in [3.8, 4) is 0 Å². The van der Waals surface area contributed by atoms with Crippen molar-refractivity contribution < 1.29 is 23.5 Å². The summed E-state index contributed by atoms with van der Waals surface area (Å²) in [6, 6.07) is 13.2. The molecule has 168 valence electrons. The summed E-state index contributed by atoms with van der Waals surface area (Å²) < 4.78 is 16.8. The predicted molar refractivity (Wildman–Crippen MR) is 116 cm³/mol. The van der Waals surface area contributed by atoms with Gasteiger partial charge >= 0.3 is 0 Å². The van der Waals surface area contributed by atoms with Gasteiger partial charge in [0, 0.05) is 19.2 Å². The largest absolute Gasteiger partial charge is 0.467 e. The van der Waals surface area contributed by atoms with Crippen LogP contribution in [0.15, 0.2) is 53.1 Å². The summed E-state index contributed by atoms with van der Waals surface area (Å²) in [5.74, 6) is 0.381. The lowest BCUT2D eigenvalue weighted by Gasteiger charge is -2.30. The molecule has 0 saturated carbocycles. The molecule has 2 amide bonds. The minimum Gasteiger partial charge on any atom is -0.467 e. The topological polar surface area (TPSA) is 72.2 Å². The van der Waals surface area contributed by atoms with Crippen molar-refractivity contribution in [2.45, 2.75) is 52.0 Å². The lowest BCUT2D eigenvalue weighted by Crippen LogP contribution is -2.48. The molecule has 1 atom stereocenters. The second-order valence-corrected chi connectivity index (χ2v) is 8.08. The molecule has 31 heavy (non-hydrogen) atoms. The van der Waals surface area contributed by atoms with Crippen LogP contribution in [-0.2, 0) is 32.2 Å². The number of nitrogens with zero attached hydrogens (tertiary/aromatic N) is 2. The van der Waals surface area contributed by atoms with Gasteiger partial charge in [-0.3, -0.25) is 9.59 Å². The first-order valence-electron chi connectivity index (χ1n) is 10.9. The van der Waals surface area contributed by atoms with Gasteiger partial charge in [0.1, 0.15) is 18.9 Å². The van der Waals surface area contributed by atoms with Crippen molar-refractivity contribution in [1.82, 2.24) is 9.80 Å². The molecule has 2 heterocycles. The molecule has 0 spiro atoms. The van der Waals surface area contributed by atoms with Crippen molar-refractivity contribution in [3.63, 3.8) is 0 Å². The van der Waals surface area contributed by atoms with Gasteiger partial charge in [-0.25, -0.2) is 0 Å². The number of hydrogen-bond donors (Lipinski definition) is 0. The zero-order chi connectivity index (χ0) is 22.1. The van der Waals surface area contributed by atoms with Crippen LogP contribution in [0, 0.1) is 0 Å². The highest BCUT2D eigenvalue weighted by Crippen LogP contribution is 2.16. The maximum atomic E-state index is 13.2. The van der Waals surface area contributed by atoms with Crippen molar-refractivity contribution in [2.24, 2.45) is 0 Å². The van der Waals surface area contributed by atoms with Crippen LogP contribution in [0.25, 0.3) is 0 Å². The van der Waals surface area contributed by atoms with Gasteiger partial charge in [0.05, 0.1) is 25.5 Å². The van der Waals surface area contributed by atoms with Crippen LogP contribution in [-0.4, -0.2) is 60.1 Å². The minimum absolute atomic E-state index is 0.00136. The Hall–Kier alpha value is -2.64. The van der Waals surface area contributed by atoms with Crippen molar-refractivity contribution in [3.05, 3.63) is 60.1 Å². The molecule has 3 rings (SSSR count). The average Bonchev–Trinajstić information content (AvgIpc) is 3.46. The standard InChI is InChI=1S/C24H32N2O5/c1-19(2)26(24(28)18-29-17-20-8-4-3-5-9-20)16-23(27)25(14-21-10-6-12-30-21)15-22-11-7-13-31-22/h3-6,8-10,12,19,22H,7,11,13-18H2,1-2H3/t22-/m0/s1. The van der Waals surface area contributed by atoms with Crippen LogP contribution >= 0.6 is 0 Å². The summed E-state index contributed by atoms with van der Waals surface area (Å²) >= 11 is 0. The van der Waals surface area contributed by atoms with Crippen molar-refractivity contribution in [2.75, 3.05) is 26.3 Å². The normalized spacial score (nSPS) is 15.9. The highest BCUT2D eigenvalue weighted by Gasteiger charge is 2.27. The molecule has 7 nitrogen and oxygen atoms in total. The smallest absolute Gasteiger partial charge is 0.249 e. The second kappa shape index (κ2) is 11.7. The number of benzene rings is 1. The Morgan fingerprint density at radius 1 is 1.13 bits per heavy atom. The van der Waals surface area contributed by atoms with Gasteiger partial charge in [0.15, 0.2) is 0 Å². The number of rotatable bonds is 11. The van der Waals surface area contributed by atoms with Gasteiger partial charge in [0.2, 0.25) is 11.8 Å². The van der Waals surface area contributed by atoms with E-state index in [4.69, 9.17) is 13.9 Å². The fraction of sp³-hybridized carbons (Fsp3) is 0.500. The molecule has 0 aliphatic carbocycles. The Morgan fingerprint density at radius 3 is 2.58 bits per heavy atom. The van der Waals surface area contributed by atoms with E-state index in [0.29, 0.717) is 25.5 Å². The van der Waals surface area contributed by atoms with E-state index in [1.807, 2.05) is 50.2 Å². The Morgan fingerprint density at radius 2 is 1.94 bits per heavy atom. The van der Waals surface area contributed by atoms with Gasteiger partial charge < -0.3 is 23.7 Å². The van der Waals surface area contributed by atoms with E-state index in [1.54, 1.807) is 22.1 Å². The Balaban J connectivity index is 1.58. The molecule has 0 radical (unpaired) electrons. The van der Waals surface area contributed by atoms with Gasteiger partial charge in [-0.05, 0) is 44.4 Å². The maximum Gasteiger partial charge on any atom is 0.249 e. The van der Waals surface area contributed by atoms with E-state index < -0.39 is 0 Å². The molecule has 7 heteroatoms. The SMILES string of the molecule is CC(C)N(CC(=O)N(Cc1ccco1)C[C@@H]1CCCO1)C(=O)COCc1ccccc1. The van der Waals surface area contributed by atoms with Crippen LogP contribution in [0.2, 0.25) is 0 Å². The third-order valence-electron chi connectivity index (χ3n) is 5.31. The zero-order valence-corrected chi connectivity index (χ0v) is 18.4. The first-order chi connectivity index (χ1) is 15.0. The highest BCUT2D eigenvalue weighted by atomic mass is 16.5. The molecule has 1 fully saturated rings. The second-order valence-electron chi connectivity index (χ2n) is 8.08. The Labute approximate surface area is 183 Å². The molecule has 1 aliphatic heterocycles. The summed E-state index contributed by atoms with van der Waals surface area (Å²) in [5, 5.41) is 0. The third kappa shape index (κ3) is 7.22. The fourth-order valence-electron chi connectivity index (χ4n) is 3.60. The molecular weight excluding hydrogens is 396 g/mol. The quantitative estimate of drug-likeness (QED) is 0.549. The molecule has 1 aromatic carbocycles. The summed E-state index contributed by atoms with van der Waals surface area (Å²) in [6.07, 6.45) is 3.56.